The molecule has 1 aliphatic heterocycles. The van der Waals surface area contributed by atoms with Crippen LogP contribution in [0.4, 0.5) is 0 Å². The number of nitrogens with one attached hydrogen (secondary N) is 1. The lowest BCUT2D eigenvalue weighted by atomic mass is 9.94. The molecule has 2 N–H and O–H groups in total. The first-order chi connectivity index (χ1) is 6.22. The fourth-order valence-corrected chi connectivity index (χ4v) is 2.28. The first kappa shape index (κ1) is 9.12. The van der Waals surface area contributed by atoms with Gasteiger partial charge >= 0.3 is 0 Å². The summed E-state index contributed by atoms with van der Waals surface area (Å²) in [6.45, 7) is 1.49. The second-order valence-electron chi connectivity index (χ2n) is 3.31. The zero-order chi connectivity index (χ0) is 9.31. The van der Waals surface area contributed by atoms with Gasteiger partial charge in [-0.1, -0.05) is 0 Å². The highest BCUT2D eigenvalue weighted by atomic mass is 79.9. The van der Waals surface area contributed by atoms with Gasteiger partial charge in [0, 0.05) is 29.0 Å². The van der Waals surface area contributed by atoms with Gasteiger partial charge in [-0.15, -0.1) is 0 Å². The van der Waals surface area contributed by atoms with E-state index in [2.05, 4.69) is 26.2 Å². The molecule has 1 aromatic heterocycles. The van der Waals surface area contributed by atoms with Gasteiger partial charge in [0.25, 0.3) is 0 Å². The summed E-state index contributed by atoms with van der Waals surface area (Å²) in [7, 11) is 0. The van der Waals surface area contributed by atoms with Gasteiger partial charge in [0.15, 0.2) is 0 Å². The number of pyridine rings is 1. The summed E-state index contributed by atoms with van der Waals surface area (Å²) >= 11 is 3.39. The number of halogens is 1. The van der Waals surface area contributed by atoms with E-state index < -0.39 is 5.60 Å². The number of aromatic nitrogens is 1. The molecule has 1 fully saturated rings. The molecule has 0 radical (unpaired) electrons. The van der Waals surface area contributed by atoms with E-state index in [0.29, 0.717) is 6.54 Å². The molecule has 70 valence electrons. The van der Waals surface area contributed by atoms with Crippen molar-refractivity contribution in [2.45, 2.75) is 12.0 Å². The number of aliphatic hydroxyl groups is 1. The summed E-state index contributed by atoms with van der Waals surface area (Å²) in [6, 6.07) is 1.86. The van der Waals surface area contributed by atoms with Crippen LogP contribution in [0.3, 0.4) is 0 Å². The smallest absolute Gasteiger partial charge is 0.104 e. The van der Waals surface area contributed by atoms with Crippen LogP contribution in [0.5, 0.6) is 0 Å². The van der Waals surface area contributed by atoms with Crippen LogP contribution in [0, 0.1) is 0 Å². The topological polar surface area (TPSA) is 45.2 Å². The minimum Gasteiger partial charge on any atom is -0.384 e. The summed E-state index contributed by atoms with van der Waals surface area (Å²) in [5.41, 5.74) is 0.203. The van der Waals surface area contributed by atoms with E-state index in [1.54, 1.807) is 12.4 Å². The average Bonchev–Trinajstić information content (AvgIpc) is 2.54. The molecule has 1 aliphatic rings. The Morgan fingerprint density at radius 2 is 2.46 bits per heavy atom. The van der Waals surface area contributed by atoms with Gasteiger partial charge in [0.05, 0.1) is 0 Å². The molecular formula is C9H11BrN2O. The second-order valence-corrected chi connectivity index (χ2v) is 4.17. The van der Waals surface area contributed by atoms with Crippen molar-refractivity contribution < 1.29 is 5.11 Å². The molecular weight excluding hydrogens is 232 g/mol. The van der Waals surface area contributed by atoms with Crippen LogP contribution >= 0.6 is 15.9 Å². The number of β-amino-alcohol motifs (C(OH)–C–C–N with tert-alkyl or cyclic N) is 1. The monoisotopic (exact) mass is 242 g/mol. The molecule has 0 bridgehead atoms. The molecule has 0 amide bonds. The normalized spacial score (nSPS) is 27.8. The van der Waals surface area contributed by atoms with E-state index in [0.717, 1.165) is 23.0 Å². The van der Waals surface area contributed by atoms with E-state index in [1.165, 1.54) is 0 Å². The van der Waals surface area contributed by atoms with Crippen molar-refractivity contribution in [2.24, 2.45) is 0 Å². The molecule has 3 nitrogen and oxygen atoms in total. The summed E-state index contributed by atoms with van der Waals surface area (Å²) in [4.78, 5) is 3.97. The molecule has 2 rings (SSSR count). The molecule has 0 aliphatic carbocycles. The third kappa shape index (κ3) is 1.61. The molecule has 0 aromatic carbocycles. The maximum absolute atomic E-state index is 10.2. The standard InChI is InChI=1S/C9H11BrN2O/c10-8-5-11-3-1-7(8)9(13)2-4-12-6-9/h1,3,5,12-13H,2,4,6H2. The van der Waals surface area contributed by atoms with Crippen LogP contribution < -0.4 is 5.32 Å². The predicted octanol–water partition coefficient (Wildman–Crippen LogP) is 1.02. The fourth-order valence-electron chi connectivity index (χ4n) is 1.66. The van der Waals surface area contributed by atoms with Crippen LogP contribution in [-0.2, 0) is 5.60 Å². The minimum atomic E-state index is -0.720. The molecule has 0 saturated carbocycles. The van der Waals surface area contributed by atoms with Crippen LogP contribution in [0.25, 0.3) is 0 Å². The van der Waals surface area contributed by atoms with E-state index in [1.807, 2.05) is 6.07 Å². The highest BCUT2D eigenvalue weighted by Crippen LogP contribution is 2.32. The Hall–Kier alpha value is -0.450. The van der Waals surface area contributed by atoms with Crippen molar-refractivity contribution in [2.75, 3.05) is 13.1 Å². The third-order valence-electron chi connectivity index (χ3n) is 2.41. The van der Waals surface area contributed by atoms with Crippen molar-refractivity contribution in [3.8, 4) is 0 Å². The largest absolute Gasteiger partial charge is 0.384 e. The Kier molecular flexibility index (Phi) is 2.36. The van der Waals surface area contributed by atoms with Gasteiger partial charge in [0.1, 0.15) is 5.60 Å². The third-order valence-corrected chi connectivity index (χ3v) is 3.04. The van der Waals surface area contributed by atoms with Crippen LogP contribution in [-0.4, -0.2) is 23.2 Å². The SMILES string of the molecule is OC1(c2ccncc2Br)CCNC1. The Morgan fingerprint density at radius 1 is 1.62 bits per heavy atom. The number of rotatable bonds is 1. The number of hydrogen-bond donors (Lipinski definition) is 2. The zero-order valence-electron chi connectivity index (χ0n) is 7.13. The Balaban J connectivity index is 2.39. The Bertz CT molecular complexity index is 310. The fraction of sp³-hybridized carbons (Fsp3) is 0.444. The van der Waals surface area contributed by atoms with Gasteiger partial charge in [-0.25, -0.2) is 0 Å². The Labute approximate surface area is 85.3 Å². The zero-order valence-corrected chi connectivity index (χ0v) is 8.71. The van der Waals surface area contributed by atoms with Crippen LogP contribution in [0.2, 0.25) is 0 Å². The maximum Gasteiger partial charge on any atom is 0.104 e. The first-order valence-corrected chi connectivity index (χ1v) is 5.05. The van der Waals surface area contributed by atoms with Crippen molar-refractivity contribution in [3.05, 3.63) is 28.5 Å². The molecule has 1 saturated heterocycles. The lowest BCUT2D eigenvalue weighted by Gasteiger charge is -2.22. The predicted molar refractivity (Wildman–Crippen MR) is 53.3 cm³/mol. The Morgan fingerprint density at radius 3 is 3.08 bits per heavy atom. The van der Waals surface area contributed by atoms with Gasteiger partial charge < -0.3 is 10.4 Å². The minimum absolute atomic E-state index is 0.621. The lowest BCUT2D eigenvalue weighted by molar-refractivity contribution is 0.0579. The molecule has 0 spiro atoms. The van der Waals surface area contributed by atoms with Crippen molar-refractivity contribution in [1.29, 1.82) is 0 Å². The average molecular weight is 243 g/mol. The second kappa shape index (κ2) is 3.36. The molecule has 13 heavy (non-hydrogen) atoms. The van der Waals surface area contributed by atoms with Gasteiger partial charge in [0.2, 0.25) is 0 Å². The van der Waals surface area contributed by atoms with Crippen molar-refractivity contribution >= 4 is 15.9 Å². The van der Waals surface area contributed by atoms with Crippen LogP contribution in [0.15, 0.2) is 22.9 Å². The van der Waals surface area contributed by atoms with E-state index in [4.69, 9.17) is 0 Å². The molecule has 1 unspecified atom stereocenters. The summed E-state index contributed by atoms with van der Waals surface area (Å²) in [5.74, 6) is 0. The van der Waals surface area contributed by atoms with E-state index >= 15 is 0 Å². The van der Waals surface area contributed by atoms with Crippen molar-refractivity contribution in [3.63, 3.8) is 0 Å². The molecule has 2 heterocycles. The molecule has 1 atom stereocenters. The summed E-state index contributed by atoms with van der Waals surface area (Å²) < 4.78 is 0.876. The van der Waals surface area contributed by atoms with Gasteiger partial charge in [-0.3, -0.25) is 4.98 Å². The highest BCUT2D eigenvalue weighted by molar-refractivity contribution is 9.10. The quantitative estimate of drug-likeness (QED) is 0.774. The highest BCUT2D eigenvalue weighted by Gasteiger charge is 2.34. The summed E-state index contributed by atoms with van der Waals surface area (Å²) in [6.07, 6.45) is 4.18. The van der Waals surface area contributed by atoms with E-state index in [9.17, 15) is 5.11 Å². The van der Waals surface area contributed by atoms with Crippen molar-refractivity contribution in [1.82, 2.24) is 10.3 Å². The lowest BCUT2D eigenvalue weighted by Crippen LogP contribution is -2.28. The van der Waals surface area contributed by atoms with E-state index in [-0.39, 0.29) is 0 Å². The number of hydrogen-bond acceptors (Lipinski definition) is 3. The van der Waals surface area contributed by atoms with Crippen LogP contribution in [0.1, 0.15) is 12.0 Å². The molecule has 4 heteroatoms. The van der Waals surface area contributed by atoms with Gasteiger partial charge in [-0.05, 0) is 35.0 Å². The molecule has 1 aromatic rings. The van der Waals surface area contributed by atoms with Gasteiger partial charge in [-0.2, -0.15) is 0 Å². The maximum atomic E-state index is 10.2. The first-order valence-electron chi connectivity index (χ1n) is 4.25. The summed E-state index contributed by atoms with van der Waals surface area (Å²) in [5, 5.41) is 13.4. The number of nitrogens with zero attached hydrogens (tertiary/aromatic N) is 1.